The van der Waals surface area contributed by atoms with Crippen LogP contribution in [0.2, 0.25) is 0 Å². The SMILES string of the molecule is COc1cccc(NC(=O)N2CCOC3(C2)CN(C2CCC(F)(F)CC2)CCCO3)c1. The normalized spacial score (nSPS) is 27.6. The zero-order valence-electron chi connectivity index (χ0n) is 17.9. The Morgan fingerprint density at radius 2 is 1.94 bits per heavy atom. The molecule has 1 aliphatic carbocycles. The zero-order valence-corrected chi connectivity index (χ0v) is 17.9. The van der Waals surface area contributed by atoms with Gasteiger partial charge in [-0.25, -0.2) is 13.6 Å². The lowest BCUT2D eigenvalue weighted by molar-refractivity contribution is -0.262. The van der Waals surface area contributed by atoms with Gasteiger partial charge in [0, 0.05) is 43.7 Å². The van der Waals surface area contributed by atoms with Crippen molar-refractivity contribution < 1.29 is 27.8 Å². The van der Waals surface area contributed by atoms with Gasteiger partial charge >= 0.3 is 6.03 Å². The fourth-order valence-electron chi connectivity index (χ4n) is 4.68. The minimum atomic E-state index is -2.55. The highest BCUT2D eigenvalue weighted by molar-refractivity contribution is 5.89. The number of carbonyl (C=O) groups excluding carboxylic acids is 1. The number of rotatable bonds is 3. The monoisotopic (exact) mass is 439 g/mol. The van der Waals surface area contributed by atoms with Crippen molar-refractivity contribution in [2.45, 2.75) is 49.9 Å². The third-order valence-electron chi connectivity index (χ3n) is 6.37. The molecular weight excluding hydrogens is 408 g/mol. The fourth-order valence-corrected chi connectivity index (χ4v) is 4.68. The predicted molar refractivity (Wildman–Crippen MR) is 112 cm³/mol. The molecule has 4 rings (SSSR count). The number of ether oxygens (including phenoxy) is 3. The lowest BCUT2D eigenvalue weighted by Crippen LogP contribution is -2.60. The summed E-state index contributed by atoms with van der Waals surface area (Å²) in [7, 11) is 1.58. The zero-order chi connectivity index (χ0) is 21.9. The molecule has 7 nitrogen and oxygen atoms in total. The van der Waals surface area contributed by atoms with Crippen molar-refractivity contribution in [3.05, 3.63) is 24.3 Å². The Morgan fingerprint density at radius 3 is 2.71 bits per heavy atom. The number of halogens is 2. The van der Waals surface area contributed by atoms with Gasteiger partial charge in [-0.2, -0.15) is 0 Å². The van der Waals surface area contributed by atoms with E-state index in [1.165, 1.54) is 0 Å². The second-order valence-corrected chi connectivity index (χ2v) is 8.60. The Labute approximate surface area is 181 Å². The number of morpholine rings is 1. The molecule has 1 N–H and O–H groups in total. The van der Waals surface area contributed by atoms with Crippen LogP contribution in [0.4, 0.5) is 19.3 Å². The van der Waals surface area contributed by atoms with E-state index in [1.807, 2.05) is 12.1 Å². The van der Waals surface area contributed by atoms with Gasteiger partial charge < -0.3 is 24.4 Å². The van der Waals surface area contributed by atoms with Crippen LogP contribution in [0.25, 0.3) is 0 Å². The van der Waals surface area contributed by atoms with Crippen LogP contribution in [0.3, 0.4) is 0 Å². The van der Waals surface area contributed by atoms with Crippen LogP contribution in [0.5, 0.6) is 5.75 Å². The van der Waals surface area contributed by atoms with E-state index >= 15 is 0 Å². The van der Waals surface area contributed by atoms with E-state index in [1.54, 1.807) is 24.1 Å². The van der Waals surface area contributed by atoms with Crippen molar-refractivity contribution in [3.63, 3.8) is 0 Å². The minimum Gasteiger partial charge on any atom is -0.497 e. The van der Waals surface area contributed by atoms with Crippen molar-refractivity contribution in [3.8, 4) is 5.75 Å². The van der Waals surface area contributed by atoms with E-state index in [9.17, 15) is 13.6 Å². The minimum absolute atomic E-state index is 0.0715. The molecule has 1 saturated carbocycles. The topological polar surface area (TPSA) is 63.3 Å². The lowest BCUT2D eigenvalue weighted by atomic mass is 9.90. The third-order valence-corrected chi connectivity index (χ3v) is 6.37. The number of nitrogens with one attached hydrogen (secondary N) is 1. The van der Waals surface area contributed by atoms with Crippen molar-refractivity contribution in [1.29, 1.82) is 0 Å². The van der Waals surface area contributed by atoms with Gasteiger partial charge in [-0.1, -0.05) is 6.07 Å². The van der Waals surface area contributed by atoms with Crippen molar-refractivity contribution in [2.75, 3.05) is 51.8 Å². The molecule has 3 fully saturated rings. The Hall–Kier alpha value is -1.97. The van der Waals surface area contributed by atoms with Crippen LogP contribution >= 0.6 is 0 Å². The summed E-state index contributed by atoms with van der Waals surface area (Å²) in [6, 6.07) is 7.07. The van der Waals surface area contributed by atoms with Crippen molar-refractivity contribution in [2.24, 2.45) is 0 Å². The number of carbonyl (C=O) groups is 1. The fraction of sp³-hybridized carbons (Fsp3) is 0.682. The molecule has 1 aromatic rings. The Kier molecular flexibility index (Phi) is 6.64. The molecule has 31 heavy (non-hydrogen) atoms. The standard InChI is InChI=1S/C22H31F2N3O4/c1-29-19-5-2-4-17(14-19)25-20(28)27-11-13-31-22(16-27)15-26(10-3-12-30-22)18-6-8-21(23,24)9-7-18/h2,4-5,14,18H,3,6-13,15-16H2,1H3,(H,25,28). The van der Waals surface area contributed by atoms with E-state index in [0.717, 1.165) is 13.0 Å². The molecule has 9 heteroatoms. The summed E-state index contributed by atoms with van der Waals surface area (Å²) in [5.41, 5.74) is 0.649. The number of benzene rings is 1. The Balaban J connectivity index is 1.41. The number of nitrogens with zero attached hydrogens (tertiary/aromatic N) is 2. The van der Waals surface area contributed by atoms with Crippen LogP contribution in [0, 0.1) is 0 Å². The van der Waals surface area contributed by atoms with E-state index in [0.29, 0.717) is 57.1 Å². The molecule has 1 aromatic carbocycles. The van der Waals surface area contributed by atoms with Crippen molar-refractivity contribution >= 4 is 11.7 Å². The van der Waals surface area contributed by atoms with Crippen molar-refractivity contribution in [1.82, 2.24) is 9.80 Å². The Morgan fingerprint density at radius 1 is 1.16 bits per heavy atom. The number of anilines is 1. The van der Waals surface area contributed by atoms with Gasteiger partial charge in [0.1, 0.15) is 5.75 Å². The largest absolute Gasteiger partial charge is 0.497 e. The van der Waals surface area contributed by atoms with E-state index in [4.69, 9.17) is 14.2 Å². The van der Waals surface area contributed by atoms with Crippen LogP contribution < -0.4 is 10.1 Å². The molecule has 1 spiro atoms. The highest BCUT2D eigenvalue weighted by atomic mass is 19.3. The smallest absolute Gasteiger partial charge is 0.322 e. The maximum absolute atomic E-state index is 13.6. The molecule has 0 radical (unpaired) electrons. The van der Waals surface area contributed by atoms with E-state index in [-0.39, 0.29) is 24.9 Å². The maximum atomic E-state index is 13.6. The molecule has 2 heterocycles. The highest BCUT2D eigenvalue weighted by Gasteiger charge is 2.45. The average molecular weight is 440 g/mol. The second kappa shape index (κ2) is 9.26. The summed E-state index contributed by atoms with van der Waals surface area (Å²) in [5.74, 6) is -2.81. The summed E-state index contributed by atoms with van der Waals surface area (Å²) >= 11 is 0. The summed E-state index contributed by atoms with van der Waals surface area (Å²) in [4.78, 5) is 16.8. The van der Waals surface area contributed by atoms with E-state index < -0.39 is 11.7 Å². The number of alkyl halides is 2. The first-order valence-corrected chi connectivity index (χ1v) is 11.0. The van der Waals surface area contributed by atoms with Gasteiger partial charge in [-0.3, -0.25) is 4.90 Å². The molecule has 0 bridgehead atoms. The number of methoxy groups -OCH3 is 1. The van der Waals surface area contributed by atoms with Gasteiger partial charge in [0.15, 0.2) is 5.79 Å². The number of hydrogen-bond acceptors (Lipinski definition) is 5. The number of urea groups is 1. The summed E-state index contributed by atoms with van der Waals surface area (Å²) in [6.45, 7) is 2.90. The highest BCUT2D eigenvalue weighted by Crippen LogP contribution is 2.36. The first-order chi connectivity index (χ1) is 14.9. The second-order valence-electron chi connectivity index (χ2n) is 8.60. The first kappa shape index (κ1) is 22.2. The van der Waals surface area contributed by atoms with Crippen LogP contribution in [0.1, 0.15) is 32.1 Å². The van der Waals surface area contributed by atoms with Gasteiger partial charge in [-0.15, -0.1) is 0 Å². The average Bonchev–Trinajstić information content (AvgIpc) is 2.96. The molecule has 172 valence electrons. The quantitative estimate of drug-likeness (QED) is 0.781. The number of hydrogen-bond donors (Lipinski definition) is 1. The third kappa shape index (κ3) is 5.45. The van der Waals surface area contributed by atoms with Gasteiger partial charge in [0.25, 0.3) is 0 Å². The molecule has 2 amide bonds. The molecular formula is C22H31F2N3O4. The molecule has 2 saturated heterocycles. The molecule has 3 aliphatic rings. The number of amides is 2. The van der Waals surface area contributed by atoms with E-state index in [2.05, 4.69) is 10.2 Å². The molecule has 1 atom stereocenters. The summed E-state index contributed by atoms with van der Waals surface area (Å²) in [5, 5.41) is 2.91. The van der Waals surface area contributed by atoms with Crippen LogP contribution in [0.15, 0.2) is 24.3 Å². The van der Waals surface area contributed by atoms with Gasteiger partial charge in [0.2, 0.25) is 5.92 Å². The van der Waals surface area contributed by atoms with Crippen LogP contribution in [-0.4, -0.2) is 80.1 Å². The molecule has 0 aromatic heterocycles. The first-order valence-electron chi connectivity index (χ1n) is 11.0. The van der Waals surface area contributed by atoms with Gasteiger partial charge in [-0.05, 0) is 31.4 Å². The van der Waals surface area contributed by atoms with Gasteiger partial charge in [0.05, 0.1) is 33.4 Å². The lowest BCUT2D eigenvalue weighted by Gasteiger charge is -2.45. The molecule has 2 aliphatic heterocycles. The maximum Gasteiger partial charge on any atom is 0.322 e. The predicted octanol–water partition coefficient (Wildman–Crippen LogP) is 3.56. The Bertz CT molecular complexity index is 771. The summed E-state index contributed by atoms with van der Waals surface area (Å²) in [6.07, 6.45) is 1.62. The van der Waals surface area contributed by atoms with Crippen LogP contribution in [-0.2, 0) is 9.47 Å². The summed E-state index contributed by atoms with van der Waals surface area (Å²) < 4.78 is 44.6. The molecule has 1 unspecified atom stereocenters.